The van der Waals surface area contributed by atoms with E-state index < -0.39 is 0 Å². The second kappa shape index (κ2) is 3.95. The maximum Gasteiger partial charge on any atom is 0.183 e. The maximum absolute atomic E-state index is 13.0. The summed E-state index contributed by atoms with van der Waals surface area (Å²) in [6.45, 7) is 3.23. The van der Waals surface area contributed by atoms with Gasteiger partial charge in [-0.25, -0.2) is 9.37 Å². The van der Waals surface area contributed by atoms with Crippen molar-refractivity contribution in [1.29, 1.82) is 0 Å². The lowest BCUT2D eigenvalue weighted by atomic mass is 10.0. The van der Waals surface area contributed by atoms with Gasteiger partial charge in [-0.1, -0.05) is 18.3 Å². The average Bonchev–Trinajstić information content (AvgIpc) is 3.00. The lowest BCUT2D eigenvalue weighted by Crippen LogP contribution is -2.13. The summed E-state index contributed by atoms with van der Waals surface area (Å²) in [5, 5.41) is 4.30. The minimum atomic E-state index is -0.195. The first kappa shape index (κ1) is 11.0. The first-order valence-corrected chi connectivity index (χ1v) is 6.82. The van der Waals surface area contributed by atoms with Crippen LogP contribution >= 0.6 is 11.3 Å². The Bertz CT molecular complexity index is 545. The Morgan fingerprint density at radius 1 is 1.47 bits per heavy atom. The zero-order valence-corrected chi connectivity index (χ0v) is 10.6. The van der Waals surface area contributed by atoms with E-state index in [4.69, 9.17) is 0 Å². The van der Waals surface area contributed by atoms with Gasteiger partial charge in [0.1, 0.15) is 5.82 Å². The Hall–Kier alpha value is -1.16. The van der Waals surface area contributed by atoms with Crippen LogP contribution in [-0.4, -0.2) is 11.5 Å². The zero-order valence-electron chi connectivity index (χ0n) is 9.79. The molecule has 17 heavy (non-hydrogen) atoms. The van der Waals surface area contributed by atoms with E-state index in [2.05, 4.69) is 17.2 Å². The van der Waals surface area contributed by atoms with Crippen molar-refractivity contribution in [2.24, 2.45) is 5.41 Å². The normalized spacial score (nSPS) is 17.3. The van der Waals surface area contributed by atoms with Crippen molar-refractivity contribution in [2.75, 3.05) is 11.9 Å². The number of rotatable bonds is 4. The van der Waals surface area contributed by atoms with Crippen LogP contribution in [0.1, 0.15) is 26.2 Å². The fraction of sp³-hybridized carbons (Fsp3) is 0.462. The zero-order chi connectivity index (χ0) is 11.9. The quantitative estimate of drug-likeness (QED) is 0.886. The van der Waals surface area contributed by atoms with Gasteiger partial charge in [0, 0.05) is 6.54 Å². The predicted molar refractivity (Wildman–Crippen MR) is 70.0 cm³/mol. The number of aromatic nitrogens is 1. The van der Waals surface area contributed by atoms with E-state index >= 15 is 0 Å². The fourth-order valence-electron chi connectivity index (χ4n) is 2.07. The predicted octanol–water partition coefficient (Wildman–Crippen LogP) is 4.04. The van der Waals surface area contributed by atoms with Crippen LogP contribution in [-0.2, 0) is 0 Å². The Morgan fingerprint density at radius 2 is 2.29 bits per heavy atom. The van der Waals surface area contributed by atoms with Crippen LogP contribution in [0.5, 0.6) is 0 Å². The second-order valence-electron chi connectivity index (χ2n) is 4.84. The standard InChI is InChI=1S/C13H15FN2S/c1-2-13(5-6-13)8-15-12-16-10-4-3-9(14)7-11(10)17-12/h3-4,7H,2,5-6,8H2,1H3,(H,15,16). The highest BCUT2D eigenvalue weighted by atomic mass is 32.1. The molecule has 0 aliphatic heterocycles. The Morgan fingerprint density at radius 3 is 3.00 bits per heavy atom. The molecular weight excluding hydrogens is 235 g/mol. The Kier molecular flexibility index (Phi) is 2.54. The molecule has 1 N–H and O–H groups in total. The van der Waals surface area contributed by atoms with E-state index in [0.717, 1.165) is 21.9 Å². The summed E-state index contributed by atoms with van der Waals surface area (Å²) in [4.78, 5) is 4.46. The van der Waals surface area contributed by atoms with Gasteiger partial charge in [-0.3, -0.25) is 0 Å². The molecule has 0 atom stereocenters. The van der Waals surface area contributed by atoms with Gasteiger partial charge in [0.15, 0.2) is 5.13 Å². The SMILES string of the molecule is CCC1(CNc2nc3ccc(F)cc3s2)CC1. The fourth-order valence-corrected chi connectivity index (χ4v) is 2.96. The van der Waals surface area contributed by atoms with Crippen LogP contribution in [0.15, 0.2) is 18.2 Å². The molecule has 0 unspecified atom stereocenters. The lowest BCUT2D eigenvalue weighted by molar-refractivity contribution is 0.521. The van der Waals surface area contributed by atoms with Crippen molar-refractivity contribution in [3.8, 4) is 0 Å². The van der Waals surface area contributed by atoms with Crippen molar-refractivity contribution < 1.29 is 4.39 Å². The summed E-state index contributed by atoms with van der Waals surface area (Å²) < 4.78 is 14.0. The van der Waals surface area contributed by atoms with Crippen LogP contribution in [0.25, 0.3) is 10.2 Å². The number of anilines is 1. The summed E-state index contributed by atoms with van der Waals surface area (Å²) >= 11 is 1.53. The molecule has 2 nitrogen and oxygen atoms in total. The van der Waals surface area contributed by atoms with E-state index in [1.165, 1.54) is 36.7 Å². The van der Waals surface area contributed by atoms with Gasteiger partial charge in [0.25, 0.3) is 0 Å². The van der Waals surface area contributed by atoms with E-state index in [1.54, 1.807) is 12.1 Å². The van der Waals surface area contributed by atoms with E-state index in [0.29, 0.717) is 5.41 Å². The van der Waals surface area contributed by atoms with Gasteiger partial charge in [-0.05, 0) is 42.9 Å². The van der Waals surface area contributed by atoms with Crippen molar-refractivity contribution in [1.82, 2.24) is 4.98 Å². The topological polar surface area (TPSA) is 24.9 Å². The third-order valence-corrected chi connectivity index (χ3v) is 4.65. The number of benzene rings is 1. The number of nitrogens with one attached hydrogen (secondary N) is 1. The monoisotopic (exact) mass is 250 g/mol. The van der Waals surface area contributed by atoms with Gasteiger partial charge < -0.3 is 5.32 Å². The molecule has 3 rings (SSSR count). The number of hydrogen-bond acceptors (Lipinski definition) is 3. The molecule has 0 spiro atoms. The third kappa shape index (κ3) is 2.14. The van der Waals surface area contributed by atoms with Crippen LogP contribution in [0.3, 0.4) is 0 Å². The number of hydrogen-bond donors (Lipinski definition) is 1. The van der Waals surface area contributed by atoms with Crippen LogP contribution in [0, 0.1) is 11.2 Å². The van der Waals surface area contributed by atoms with Crippen molar-refractivity contribution in [3.63, 3.8) is 0 Å². The van der Waals surface area contributed by atoms with Gasteiger partial charge in [-0.2, -0.15) is 0 Å². The molecule has 0 bridgehead atoms. The first-order valence-electron chi connectivity index (χ1n) is 6.01. The molecular formula is C13H15FN2S. The first-order chi connectivity index (χ1) is 8.21. The molecule has 1 aliphatic rings. The van der Waals surface area contributed by atoms with E-state index in [1.807, 2.05) is 0 Å². The highest BCUT2D eigenvalue weighted by molar-refractivity contribution is 7.22. The molecule has 1 aliphatic carbocycles. The summed E-state index contributed by atoms with van der Waals surface area (Å²) in [6.07, 6.45) is 3.85. The Balaban J connectivity index is 1.77. The molecule has 1 aromatic heterocycles. The maximum atomic E-state index is 13.0. The third-order valence-electron chi connectivity index (χ3n) is 3.67. The van der Waals surface area contributed by atoms with Crippen molar-refractivity contribution >= 4 is 26.7 Å². The number of thiazole rings is 1. The van der Waals surface area contributed by atoms with E-state index in [-0.39, 0.29) is 5.82 Å². The smallest absolute Gasteiger partial charge is 0.183 e. The molecule has 4 heteroatoms. The average molecular weight is 250 g/mol. The summed E-state index contributed by atoms with van der Waals surface area (Å²) in [5.74, 6) is -0.195. The molecule has 1 fully saturated rings. The van der Waals surface area contributed by atoms with Crippen molar-refractivity contribution in [2.45, 2.75) is 26.2 Å². The van der Waals surface area contributed by atoms with Gasteiger partial charge >= 0.3 is 0 Å². The molecule has 1 aromatic carbocycles. The second-order valence-corrected chi connectivity index (χ2v) is 5.87. The minimum Gasteiger partial charge on any atom is -0.361 e. The summed E-state index contributed by atoms with van der Waals surface area (Å²) in [5.41, 5.74) is 1.38. The highest BCUT2D eigenvalue weighted by Gasteiger charge is 2.40. The van der Waals surface area contributed by atoms with Crippen LogP contribution in [0.4, 0.5) is 9.52 Å². The molecule has 1 heterocycles. The summed E-state index contributed by atoms with van der Waals surface area (Å²) in [7, 11) is 0. The molecule has 2 aromatic rings. The van der Waals surface area contributed by atoms with Crippen LogP contribution in [0.2, 0.25) is 0 Å². The van der Waals surface area contributed by atoms with Gasteiger partial charge in [0.05, 0.1) is 10.2 Å². The van der Waals surface area contributed by atoms with Crippen molar-refractivity contribution in [3.05, 3.63) is 24.0 Å². The lowest BCUT2D eigenvalue weighted by Gasteiger charge is -2.11. The van der Waals surface area contributed by atoms with E-state index in [9.17, 15) is 4.39 Å². The number of nitrogens with zero attached hydrogens (tertiary/aromatic N) is 1. The number of halogens is 1. The number of fused-ring (bicyclic) bond motifs is 1. The molecule has 0 amide bonds. The molecule has 90 valence electrons. The van der Waals surface area contributed by atoms with Gasteiger partial charge in [-0.15, -0.1) is 0 Å². The molecule has 1 saturated carbocycles. The Labute approximate surface area is 104 Å². The molecule has 0 saturated heterocycles. The molecule has 0 radical (unpaired) electrons. The minimum absolute atomic E-state index is 0.195. The van der Waals surface area contributed by atoms with Gasteiger partial charge in [0.2, 0.25) is 0 Å². The largest absolute Gasteiger partial charge is 0.361 e. The highest BCUT2D eigenvalue weighted by Crippen LogP contribution is 2.48. The van der Waals surface area contributed by atoms with Crippen LogP contribution < -0.4 is 5.32 Å². The summed E-state index contributed by atoms with van der Waals surface area (Å²) in [6, 6.07) is 4.74.